The van der Waals surface area contributed by atoms with Gasteiger partial charge in [0.25, 0.3) is 0 Å². The maximum atomic E-state index is 14.6. The quantitative estimate of drug-likeness (QED) is 0.176. The number of aromatic nitrogens is 2. The second kappa shape index (κ2) is 11.2. The lowest BCUT2D eigenvalue weighted by Gasteiger charge is -2.15. The number of aldehydes is 2. The van der Waals surface area contributed by atoms with E-state index in [1.165, 1.54) is 38.6 Å². The first kappa shape index (κ1) is 27.5. The monoisotopic (exact) mass is 594 g/mol. The lowest BCUT2D eigenvalue weighted by atomic mass is 9.99. The first-order valence-corrected chi connectivity index (χ1v) is 12.9. The molecule has 0 spiro atoms. The summed E-state index contributed by atoms with van der Waals surface area (Å²) in [7, 11) is 2.81. The highest BCUT2D eigenvalue weighted by atomic mass is 35.5. The second-order valence-corrected chi connectivity index (χ2v) is 9.73. The van der Waals surface area contributed by atoms with E-state index in [2.05, 4.69) is 4.98 Å². The van der Waals surface area contributed by atoms with Crippen LogP contribution in [0, 0.1) is 5.82 Å². The van der Waals surface area contributed by atoms with Crippen LogP contribution in [-0.4, -0.2) is 36.8 Å². The Morgan fingerprint density at radius 1 is 0.850 bits per heavy atom. The molecule has 0 bridgehead atoms. The van der Waals surface area contributed by atoms with Gasteiger partial charge in [-0.3, -0.25) is 14.6 Å². The predicted molar refractivity (Wildman–Crippen MR) is 155 cm³/mol. The number of fused-ring (bicyclic) bond motifs is 1. The van der Waals surface area contributed by atoms with E-state index in [0.717, 1.165) is 0 Å². The molecule has 2 aromatic heterocycles. The molecule has 0 saturated heterocycles. The number of pyridine rings is 2. The van der Waals surface area contributed by atoms with Gasteiger partial charge in [-0.15, -0.1) is 0 Å². The van der Waals surface area contributed by atoms with Crippen LogP contribution in [0.25, 0.3) is 44.5 Å². The third-order valence-electron chi connectivity index (χ3n) is 6.40. The molecule has 6 nitrogen and oxygen atoms in total. The molecule has 0 unspecified atom stereocenters. The van der Waals surface area contributed by atoms with E-state index in [-0.39, 0.29) is 27.1 Å². The molecule has 40 heavy (non-hydrogen) atoms. The van der Waals surface area contributed by atoms with Gasteiger partial charge in [0.2, 0.25) is 0 Å². The molecule has 2 heterocycles. The number of carbonyl (C=O) groups is 2. The van der Waals surface area contributed by atoms with Gasteiger partial charge in [-0.05, 0) is 36.4 Å². The van der Waals surface area contributed by atoms with Crippen molar-refractivity contribution in [1.82, 2.24) is 9.97 Å². The van der Waals surface area contributed by atoms with E-state index in [1.807, 2.05) is 0 Å². The summed E-state index contributed by atoms with van der Waals surface area (Å²) in [6.07, 6.45) is 2.59. The highest BCUT2D eigenvalue weighted by Crippen LogP contribution is 2.43. The lowest BCUT2D eigenvalue weighted by Crippen LogP contribution is -1.97. The summed E-state index contributed by atoms with van der Waals surface area (Å²) < 4.78 is 25.2. The molecule has 0 N–H and O–H groups in total. The van der Waals surface area contributed by atoms with E-state index >= 15 is 0 Å². The number of halogens is 4. The van der Waals surface area contributed by atoms with Crippen molar-refractivity contribution < 1.29 is 23.5 Å². The maximum absolute atomic E-state index is 14.6. The van der Waals surface area contributed by atoms with Gasteiger partial charge in [-0.2, -0.15) is 0 Å². The van der Waals surface area contributed by atoms with Gasteiger partial charge in [0.1, 0.15) is 17.3 Å². The Morgan fingerprint density at radius 2 is 1.60 bits per heavy atom. The minimum Gasteiger partial charge on any atom is -0.496 e. The van der Waals surface area contributed by atoms with Crippen molar-refractivity contribution >= 4 is 58.3 Å². The first-order valence-electron chi connectivity index (χ1n) is 11.7. The van der Waals surface area contributed by atoms with Crippen molar-refractivity contribution in [2.24, 2.45) is 0 Å². The Morgan fingerprint density at radius 3 is 2.30 bits per heavy atom. The molecule has 0 aliphatic rings. The highest BCUT2D eigenvalue weighted by molar-refractivity contribution is 6.39. The van der Waals surface area contributed by atoms with Crippen molar-refractivity contribution in [2.75, 3.05) is 14.2 Å². The molecule has 5 rings (SSSR count). The molecule has 0 fully saturated rings. The van der Waals surface area contributed by atoms with E-state index < -0.39 is 5.82 Å². The summed E-state index contributed by atoms with van der Waals surface area (Å²) in [5.41, 5.74) is 3.45. The van der Waals surface area contributed by atoms with Crippen LogP contribution in [0.15, 0.2) is 60.8 Å². The minimum atomic E-state index is -0.759. The van der Waals surface area contributed by atoms with Gasteiger partial charge in [-0.1, -0.05) is 53.0 Å². The number of ether oxygens (including phenoxy) is 2. The number of nitrogens with zero attached hydrogens (tertiary/aromatic N) is 2. The van der Waals surface area contributed by atoms with Crippen LogP contribution < -0.4 is 9.47 Å². The number of hydrogen-bond acceptors (Lipinski definition) is 6. The Labute approximate surface area is 243 Å². The molecular weight excluding hydrogens is 578 g/mol. The summed E-state index contributed by atoms with van der Waals surface area (Å²) in [5, 5.41) is 1.46. The summed E-state index contributed by atoms with van der Waals surface area (Å²) in [6, 6.07) is 14.8. The van der Waals surface area contributed by atoms with Crippen molar-refractivity contribution in [3.8, 4) is 45.1 Å². The zero-order valence-electron chi connectivity index (χ0n) is 21.0. The van der Waals surface area contributed by atoms with Crippen LogP contribution in [0.5, 0.6) is 11.5 Å². The Hall–Kier alpha value is -4.04. The Balaban J connectivity index is 1.64. The van der Waals surface area contributed by atoms with Gasteiger partial charge in [0.15, 0.2) is 12.6 Å². The summed E-state index contributed by atoms with van der Waals surface area (Å²) in [6.45, 7) is 0. The van der Waals surface area contributed by atoms with Crippen LogP contribution in [0.3, 0.4) is 0 Å². The predicted octanol–water partition coefficient (Wildman–Crippen LogP) is 8.37. The summed E-state index contributed by atoms with van der Waals surface area (Å²) >= 11 is 20.2. The lowest BCUT2D eigenvalue weighted by molar-refractivity contribution is 0.111. The average molecular weight is 596 g/mol. The van der Waals surface area contributed by atoms with Crippen molar-refractivity contribution in [1.29, 1.82) is 0 Å². The van der Waals surface area contributed by atoms with Crippen LogP contribution in [0.4, 0.5) is 4.39 Å². The standard InChI is InChI=1S/C30H18Cl3FN2O4/c1-39-25-12-15(11-23(34)21(25)14-38)28-27(33)18(8-9-35-28)17-4-3-5-19(26(17)32)24-7-6-20-29(36-24)22(31)10-16(13-37)30(20)40-2/h3-14H,1-2H3. The smallest absolute Gasteiger partial charge is 0.156 e. The number of methoxy groups -OCH3 is 2. The van der Waals surface area contributed by atoms with Crippen LogP contribution in [-0.2, 0) is 0 Å². The molecule has 0 aliphatic heterocycles. The molecule has 0 radical (unpaired) electrons. The van der Waals surface area contributed by atoms with Crippen LogP contribution in [0.2, 0.25) is 15.1 Å². The fourth-order valence-corrected chi connectivity index (χ4v) is 5.43. The first-order chi connectivity index (χ1) is 19.3. The zero-order chi connectivity index (χ0) is 28.6. The van der Waals surface area contributed by atoms with E-state index in [0.29, 0.717) is 67.8 Å². The molecule has 0 aliphatic carbocycles. The molecule has 5 aromatic rings. The second-order valence-electron chi connectivity index (χ2n) is 8.57. The van der Waals surface area contributed by atoms with Gasteiger partial charge in [0, 0.05) is 33.8 Å². The van der Waals surface area contributed by atoms with Gasteiger partial charge < -0.3 is 9.47 Å². The van der Waals surface area contributed by atoms with Crippen molar-refractivity contribution in [2.45, 2.75) is 0 Å². The maximum Gasteiger partial charge on any atom is 0.156 e. The molecule has 0 atom stereocenters. The van der Waals surface area contributed by atoms with E-state index in [1.54, 1.807) is 36.4 Å². The molecular formula is C30H18Cl3FN2O4. The minimum absolute atomic E-state index is 0.0613. The molecule has 10 heteroatoms. The zero-order valence-corrected chi connectivity index (χ0v) is 23.2. The number of benzene rings is 3. The van der Waals surface area contributed by atoms with E-state index in [4.69, 9.17) is 49.3 Å². The normalized spacial score (nSPS) is 10.9. The Bertz CT molecular complexity index is 1830. The molecule has 0 amide bonds. The summed E-state index contributed by atoms with van der Waals surface area (Å²) in [4.78, 5) is 31.8. The largest absolute Gasteiger partial charge is 0.496 e. The average Bonchev–Trinajstić information content (AvgIpc) is 2.97. The number of rotatable bonds is 7. The third kappa shape index (κ3) is 4.66. The van der Waals surface area contributed by atoms with Crippen LogP contribution >= 0.6 is 34.8 Å². The van der Waals surface area contributed by atoms with Gasteiger partial charge in [-0.25, -0.2) is 9.37 Å². The number of carbonyl (C=O) groups excluding carboxylic acids is 2. The fraction of sp³-hybridized carbons (Fsp3) is 0.0667. The molecule has 0 saturated carbocycles. The number of hydrogen-bond donors (Lipinski definition) is 0. The Kier molecular flexibility index (Phi) is 7.72. The SMILES string of the molecule is COc1cc(-c2nccc(-c3cccc(-c4ccc5c(OC)c(C=O)cc(Cl)c5n4)c3Cl)c2Cl)cc(F)c1C=O. The van der Waals surface area contributed by atoms with Crippen molar-refractivity contribution in [3.63, 3.8) is 0 Å². The highest BCUT2D eigenvalue weighted by Gasteiger charge is 2.20. The van der Waals surface area contributed by atoms with Crippen molar-refractivity contribution in [3.05, 3.63) is 92.8 Å². The summed E-state index contributed by atoms with van der Waals surface area (Å²) in [5.74, 6) is -0.324. The fourth-order valence-electron chi connectivity index (χ4n) is 4.52. The topological polar surface area (TPSA) is 78.4 Å². The van der Waals surface area contributed by atoms with Crippen LogP contribution in [0.1, 0.15) is 20.7 Å². The van der Waals surface area contributed by atoms with Gasteiger partial charge in [0.05, 0.1) is 57.3 Å². The third-order valence-corrected chi connectivity index (χ3v) is 7.48. The molecule has 200 valence electrons. The van der Waals surface area contributed by atoms with E-state index in [9.17, 15) is 14.0 Å². The molecule has 3 aromatic carbocycles. The van der Waals surface area contributed by atoms with Gasteiger partial charge >= 0.3 is 0 Å².